The van der Waals surface area contributed by atoms with E-state index >= 15 is 0 Å². The van der Waals surface area contributed by atoms with Gasteiger partial charge >= 0.3 is 0 Å². The first-order chi connectivity index (χ1) is 7.97. The zero-order valence-corrected chi connectivity index (χ0v) is 12.6. The molecule has 108 valence electrons. The highest BCUT2D eigenvalue weighted by Crippen LogP contribution is 2.37. The van der Waals surface area contributed by atoms with Crippen molar-refractivity contribution in [3.05, 3.63) is 0 Å². The van der Waals surface area contributed by atoms with Crippen molar-refractivity contribution in [1.82, 2.24) is 9.62 Å². The zero-order valence-electron chi connectivity index (χ0n) is 11.0. The number of hydrogen-bond donors (Lipinski definition) is 1. The number of ether oxygens (including phenoxy) is 1. The third-order valence-electron chi connectivity index (χ3n) is 3.98. The van der Waals surface area contributed by atoms with E-state index < -0.39 is 10.0 Å². The molecule has 2 aliphatic rings. The molecule has 18 heavy (non-hydrogen) atoms. The van der Waals surface area contributed by atoms with Gasteiger partial charge in [-0.05, 0) is 31.7 Å². The first-order valence-electron chi connectivity index (χ1n) is 6.19. The molecule has 2 atom stereocenters. The molecule has 0 aromatic carbocycles. The molecule has 2 fully saturated rings. The van der Waals surface area contributed by atoms with Crippen molar-refractivity contribution in [2.24, 2.45) is 5.41 Å². The third-order valence-corrected chi connectivity index (χ3v) is 5.97. The molecule has 0 aromatic rings. The topological polar surface area (TPSA) is 58.6 Å². The van der Waals surface area contributed by atoms with E-state index in [1.165, 1.54) is 0 Å². The number of sulfonamides is 1. The molecule has 2 unspecified atom stereocenters. The highest BCUT2D eigenvalue weighted by Gasteiger charge is 2.44. The van der Waals surface area contributed by atoms with E-state index in [0.29, 0.717) is 13.1 Å². The molecule has 5 nitrogen and oxygen atoms in total. The van der Waals surface area contributed by atoms with E-state index in [2.05, 4.69) is 5.32 Å². The van der Waals surface area contributed by atoms with Crippen LogP contribution in [0.15, 0.2) is 0 Å². The smallest absolute Gasteiger partial charge is 0.216 e. The molecule has 1 N–H and O–H groups in total. The Morgan fingerprint density at radius 1 is 1.44 bits per heavy atom. The van der Waals surface area contributed by atoms with Crippen molar-refractivity contribution in [3.63, 3.8) is 0 Å². The Morgan fingerprint density at radius 3 is 2.72 bits per heavy atom. The molecule has 7 heteroatoms. The van der Waals surface area contributed by atoms with E-state index in [1.807, 2.05) is 0 Å². The molecule has 2 rings (SSSR count). The summed E-state index contributed by atoms with van der Waals surface area (Å²) in [4.78, 5) is 0. The molecule has 0 radical (unpaired) electrons. The summed E-state index contributed by atoms with van der Waals surface area (Å²) in [6.45, 7) is 5.11. The maximum Gasteiger partial charge on any atom is 0.216 e. The predicted octanol–water partition coefficient (Wildman–Crippen LogP) is 0.458. The minimum absolute atomic E-state index is 0. The number of halogens is 1. The summed E-state index contributed by atoms with van der Waals surface area (Å²) in [5.41, 5.74) is 0.198. The van der Waals surface area contributed by atoms with Crippen molar-refractivity contribution in [2.45, 2.75) is 25.9 Å². The quantitative estimate of drug-likeness (QED) is 0.819. The van der Waals surface area contributed by atoms with Gasteiger partial charge in [0.25, 0.3) is 0 Å². The van der Waals surface area contributed by atoms with E-state index in [4.69, 9.17) is 4.74 Å². The van der Waals surface area contributed by atoms with Crippen molar-refractivity contribution >= 4 is 22.4 Å². The minimum Gasteiger partial charge on any atom is -0.381 e. The number of nitrogens with one attached hydrogen (secondary N) is 1. The lowest BCUT2D eigenvalue weighted by Gasteiger charge is -2.23. The van der Waals surface area contributed by atoms with E-state index in [-0.39, 0.29) is 29.7 Å². The van der Waals surface area contributed by atoms with Gasteiger partial charge in [-0.25, -0.2) is 12.7 Å². The summed E-state index contributed by atoms with van der Waals surface area (Å²) < 4.78 is 31.0. The van der Waals surface area contributed by atoms with Crippen LogP contribution >= 0.6 is 12.4 Å². The lowest BCUT2D eigenvalue weighted by Crippen LogP contribution is -2.37. The Bertz CT molecular complexity index is 368. The maximum atomic E-state index is 12.2. The zero-order chi connectivity index (χ0) is 12.5. The fraction of sp³-hybridized carbons (Fsp3) is 1.00. The Morgan fingerprint density at radius 2 is 2.17 bits per heavy atom. The molecule has 0 amide bonds. The molecule has 1 spiro atoms. The van der Waals surface area contributed by atoms with Crippen LogP contribution in [0.3, 0.4) is 0 Å². The van der Waals surface area contributed by atoms with Gasteiger partial charge in [-0.2, -0.15) is 0 Å². The first-order valence-corrected chi connectivity index (χ1v) is 7.80. The number of rotatable bonds is 4. The largest absolute Gasteiger partial charge is 0.381 e. The van der Waals surface area contributed by atoms with Crippen molar-refractivity contribution in [1.29, 1.82) is 0 Å². The monoisotopic (exact) mass is 298 g/mol. The van der Waals surface area contributed by atoms with Crippen molar-refractivity contribution < 1.29 is 13.2 Å². The summed E-state index contributed by atoms with van der Waals surface area (Å²) in [6, 6.07) is 0. The molecule has 0 bridgehead atoms. The summed E-state index contributed by atoms with van der Waals surface area (Å²) in [7, 11) is -1.61. The highest BCUT2D eigenvalue weighted by atomic mass is 35.5. The van der Waals surface area contributed by atoms with Crippen LogP contribution in [0.5, 0.6) is 0 Å². The van der Waals surface area contributed by atoms with Gasteiger partial charge in [-0.15, -0.1) is 12.4 Å². The summed E-state index contributed by atoms with van der Waals surface area (Å²) in [5, 5.41) is 3.33. The van der Waals surface area contributed by atoms with Gasteiger partial charge < -0.3 is 10.1 Å². The third kappa shape index (κ3) is 3.36. The van der Waals surface area contributed by atoms with E-state index in [1.54, 1.807) is 18.3 Å². The Kier molecular flexibility index (Phi) is 5.44. The molecular formula is C11H23ClN2O3S. The second kappa shape index (κ2) is 6.05. The fourth-order valence-electron chi connectivity index (χ4n) is 2.75. The molecule has 0 aliphatic carbocycles. The Balaban J connectivity index is 0.00000162. The first kappa shape index (κ1) is 16.2. The Hall–Kier alpha value is 0.120. The van der Waals surface area contributed by atoms with Crippen LogP contribution in [-0.4, -0.2) is 57.9 Å². The van der Waals surface area contributed by atoms with Crippen molar-refractivity contribution in [3.8, 4) is 0 Å². The van der Waals surface area contributed by atoms with E-state index in [0.717, 1.165) is 25.9 Å². The van der Waals surface area contributed by atoms with Gasteiger partial charge in [0.05, 0.1) is 11.9 Å². The lowest BCUT2D eigenvalue weighted by atomic mass is 9.87. The minimum atomic E-state index is -3.15. The fourth-order valence-corrected chi connectivity index (χ4v) is 4.53. The van der Waals surface area contributed by atoms with Crippen LogP contribution < -0.4 is 5.32 Å². The second-order valence-electron chi connectivity index (χ2n) is 5.34. The van der Waals surface area contributed by atoms with Gasteiger partial charge in [0.2, 0.25) is 10.0 Å². The highest BCUT2D eigenvalue weighted by molar-refractivity contribution is 7.89. The summed E-state index contributed by atoms with van der Waals surface area (Å²) >= 11 is 0. The van der Waals surface area contributed by atoms with Crippen LogP contribution in [0.2, 0.25) is 0 Å². The SMILES string of the molecule is COC(C)CS(=O)(=O)N1CCC2(CCNC2)C1.Cl. The number of methoxy groups -OCH3 is 1. The predicted molar refractivity (Wildman–Crippen MR) is 73.6 cm³/mol. The van der Waals surface area contributed by atoms with Gasteiger partial charge in [-0.1, -0.05) is 0 Å². The average molecular weight is 299 g/mol. The van der Waals surface area contributed by atoms with Crippen molar-refractivity contribution in [2.75, 3.05) is 39.0 Å². The number of nitrogens with zero attached hydrogens (tertiary/aromatic N) is 1. The molecule has 2 aliphatic heterocycles. The molecule has 2 saturated heterocycles. The normalized spacial score (nSPS) is 30.6. The lowest BCUT2D eigenvalue weighted by molar-refractivity contribution is 0.135. The van der Waals surface area contributed by atoms with Crippen LogP contribution in [0.4, 0.5) is 0 Å². The maximum absolute atomic E-state index is 12.2. The van der Waals surface area contributed by atoms with Crippen LogP contribution in [0.25, 0.3) is 0 Å². The number of hydrogen-bond acceptors (Lipinski definition) is 4. The Labute approximate surface area is 116 Å². The van der Waals surface area contributed by atoms with Gasteiger partial charge in [-0.3, -0.25) is 0 Å². The molecule has 0 saturated carbocycles. The average Bonchev–Trinajstić information content (AvgIpc) is 2.89. The van der Waals surface area contributed by atoms with E-state index in [9.17, 15) is 8.42 Å². The molecular weight excluding hydrogens is 276 g/mol. The van der Waals surface area contributed by atoms with Gasteiger partial charge in [0, 0.05) is 26.7 Å². The van der Waals surface area contributed by atoms with Gasteiger partial charge in [0.1, 0.15) is 0 Å². The van der Waals surface area contributed by atoms with Crippen LogP contribution in [0.1, 0.15) is 19.8 Å². The van der Waals surface area contributed by atoms with Crippen LogP contribution in [0, 0.1) is 5.41 Å². The summed E-state index contributed by atoms with van der Waals surface area (Å²) in [5.74, 6) is 0.0903. The molecule has 0 aromatic heterocycles. The van der Waals surface area contributed by atoms with Gasteiger partial charge in [0.15, 0.2) is 0 Å². The summed E-state index contributed by atoms with van der Waals surface area (Å²) in [6.07, 6.45) is 1.85. The van der Waals surface area contributed by atoms with Crippen LogP contribution in [-0.2, 0) is 14.8 Å². The molecule has 2 heterocycles. The standard InChI is InChI=1S/C11H22N2O3S.ClH/c1-10(16-2)7-17(14,15)13-6-4-11(9-13)3-5-12-8-11;/h10,12H,3-9H2,1-2H3;1H. The second-order valence-corrected chi connectivity index (χ2v) is 7.35.